The lowest BCUT2D eigenvalue weighted by molar-refractivity contribution is -0.118. The number of sulfone groups is 1. The molecular weight excluding hydrogens is 555 g/mol. The first-order chi connectivity index (χ1) is 19.8. The van der Waals surface area contributed by atoms with Crippen LogP contribution >= 0.6 is 7.14 Å². The van der Waals surface area contributed by atoms with Crippen molar-refractivity contribution in [2.24, 2.45) is 0 Å². The van der Waals surface area contributed by atoms with Crippen LogP contribution < -0.4 is 21.2 Å². The molecule has 4 aromatic carbocycles. The number of amides is 2. The van der Waals surface area contributed by atoms with Gasteiger partial charge in [-0.05, 0) is 24.1 Å². The number of hydrogen-bond donors (Lipinski definition) is 2. The van der Waals surface area contributed by atoms with E-state index in [9.17, 15) is 18.0 Å². The third kappa shape index (κ3) is 6.24. The van der Waals surface area contributed by atoms with Gasteiger partial charge in [0.2, 0.25) is 0 Å². The lowest BCUT2D eigenvalue weighted by Gasteiger charge is -2.26. The second kappa shape index (κ2) is 12.1. The molecule has 1 heterocycles. The smallest absolute Gasteiger partial charge is 0.268 e. The number of rotatable bonds is 8. The summed E-state index contributed by atoms with van der Waals surface area (Å²) in [5.74, 6) is -1.50. The predicted octanol–water partition coefficient (Wildman–Crippen LogP) is 4.10. The minimum Gasteiger partial charge on any atom is -0.347 e. The van der Waals surface area contributed by atoms with Gasteiger partial charge in [0.1, 0.15) is 5.70 Å². The van der Waals surface area contributed by atoms with E-state index in [1.807, 2.05) is 18.2 Å². The Balaban J connectivity index is 1.78. The van der Waals surface area contributed by atoms with Gasteiger partial charge in [-0.2, -0.15) is 0 Å². The lowest BCUT2D eigenvalue weighted by atomic mass is 10.1. The Morgan fingerprint density at radius 2 is 1.15 bits per heavy atom. The van der Waals surface area contributed by atoms with Crippen molar-refractivity contribution < 1.29 is 22.6 Å². The van der Waals surface area contributed by atoms with Crippen LogP contribution in [0, 0.1) is 0 Å². The highest BCUT2D eigenvalue weighted by Gasteiger charge is 2.39. The molecule has 4 aromatic rings. The Kier molecular flexibility index (Phi) is 8.34. The fraction of sp³-hybridized carbons (Fsp3) is 0.125. The second-order valence-electron chi connectivity index (χ2n) is 9.76. The van der Waals surface area contributed by atoms with Crippen LogP contribution in [0.1, 0.15) is 22.3 Å². The van der Waals surface area contributed by atoms with Crippen LogP contribution in [0.4, 0.5) is 0 Å². The first-order valence-electron chi connectivity index (χ1n) is 13.2. The molecule has 1 unspecified atom stereocenters. The average molecular weight is 585 g/mol. The van der Waals surface area contributed by atoms with Gasteiger partial charge in [0.15, 0.2) is 17.0 Å². The van der Waals surface area contributed by atoms with E-state index in [-0.39, 0.29) is 28.9 Å². The molecule has 0 aliphatic carbocycles. The molecule has 1 aliphatic heterocycles. The van der Waals surface area contributed by atoms with Crippen LogP contribution in [0.2, 0.25) is 0 Å². The zero-order chi connectivity index (χ0) is 28.9. The van der Waals surface area contributed by atoms with Gasteiger partial charge in [-0.15, -0.1) is 0 Å². The number of carbonyl (C=O) groups is 2. The van der Waals surface area contributed by atoms with E-state index >= 15 is 4.57 Å². The maximum absolute atomic E-state index is 15.6. The molecule has 0 aromatic heterocycles. The van der Waals surface area contributed by atoms with Crippen molar-refractivity contribution in [3.63, 3.8) is 0 Å². The Morgan fingerprint density at radius 3 is 1.61 bits per heavy atom. The zero-order valence-corrected chi connectivity index (χ0v) is 23.9. The van der Waals surface area contributed by atoms with Gasteiger partial charge >= 0.3 is 0 Å². The maximum Gasteiger partial charge on any atom is 0.268 e. The largest absolute Gasteiger partial charge is 0.347 e. The van der Waals surface area contributed by atoms with Crippen molar-refractivity contribution in [2.45, 2.75) is 12.5 Å². The molecule has 5 rings (SSSR count). The van der Waals surface area contributed by atoms with Crippen molar-refractivity contribution in [1.82, 2.24) is 10.6 Å². The molecule has 1 atom stereocenters. The highest BCUT2D eigenvalue weighted by molar-refractivity contribution is 7.91. The fourth-order valence-electron chi connectivity index (χ4n) is 4.93. The predicted molar refractivity (Wildman–Crippen MR) is 162 cm³/mol. The Bertz CT molecular complexity index is 1680. The third-order valence-corrected chi connectivity index (χ3v) is 11.8. The normalized spacial score (nSPS) is 16.8. The van der Waals surface area contributed by atoms with E-state index in [0.29, 0.717) is 21.7 Å². The molecule has 2 N–H and O–H groups in total. The minimum atomic E-state index is -3.80. The van der Waals surface area contributed by atoms with Crippen molar-refractivity contribution in [3.8, 4) is 0 Å². The number of hydrogen-bond acceptors (Lipinski definition) is 5. The summed E-state index contributed by atoms with van der Waals surface area (Å²) in [6.45, 7) is 0. The molecule has 1 fully saturated rings. The van der Waals surface area contributed by atoms with E-state index in [0.717, 1.165) is 0 Å². The monoisotopic (exact) mass is 584 g/mol. The van der Waals surface area contributed by atoms with Crippen molar-refractivity contribution >= 4 is 44.7 Å². The summed E-state index contributed by atoms with van der Waals surface area (Å²) in [5, 5.41) is 6.69. The van der Waals surface area contributed by atoms with Gasteiger partial charge in [0, 0.05) is 22.2 Å². The molecule has 41 heavy (non-hydrogen) atoms. The van der Waals surface area contributed by atoms with Gasteiger partial charge in [-0.25, -0.2) is 8.42 Å². The van der Waals surface area contributed by atoms with Crippen LogP contribution in [0.25, 0.3) is 5.31 Å². The van der Waals surface area contributed by atoms with Crippen molar-refractivity contribution in [3.05, 3.63) is 138 Å². The molecule has 7 nitrogen and oxygen atoms in total. The molecule has 9 heteroatoms. The number of nitrogens with one attached hydrogen (secondary N) is 2. The molecule has 2 amide bonds. The van der Waals surface area contributed by atoms with Crippen LogP contribution in [-0.2, 0) is 19.2 Å². The van der Waals surface area contributed by atoms with Crippen LogP contribution in [0.5, 0.6) is 0 Å². The zero-order valence-electron chi connectivity index (χ0n) is 22.1. The van der Waals surface area contributed by atoms with Crippen molar-refractivity contribution in [1.29, 1.82) is 0 Å². The molecular formula is C32H29N2O5PS. The SMILES string of the molecule is O=C(NC1CCS(=O)(=O)C1)/C(NC(=O)c1ccccc1)=C(/c1ccccc1)P(=O)(c1ccccc1)c1ccccc1. The summed E-state index contributed by atoms with van der Waals surface area (Å²) >= 11 is 0. The minimum absolute atomic E-state index is 0.0363. The second-order valence-corrected chi connectivity index (χ2v) is 14.7. The van der Waals surface area contributed by atoms with Crippen LogP contribution in [0.15, 0.2) is 127 Å². The highest BCUT2D eigenvalue weighted by atomic mass is 32.2. The number of benzene rings is 4. The van der Waals surface area contributed by atoms with Gasteiger partial charge in [0.25, 0.3) is 11.8 Å². The third-order valence-electron chi connectivity index (χ3n) is 6.91. The summed E-state index contributed by atoms with van der Waals surface area (Å²) in [4.78, 5) is 27.6. The molecule has 0 bridgehead atoms. The van der Waals surface area contributed by atoms with E-state index < -0.39 is 34.8 Å². The summed E-state index contributed by atoms with van der Waals surface area (Å²) in [6.07, 6.45) is 0.254. The summed E-state index contributed by atoms with van der Waals surface area (Å²) in [5.41, 5.74) is 0.606. The molecule has 0 spiro atoms. The summed E-state index contributed by atoms with van der Waals surface area (Å²) in [7, 11) is -7.09. The van der Waals surface area contributed by atoms with Gasteiger partial charge in [-0.1, -0.05) is 109 Å². The van der Waals surface area contributed by atoms with Gasteiger partial charge in [-0.3, -0.25) is 9.59 Å². The van der Waals surface area contributed by atoms with Crippen LogP contribution in [-0.4, -0.2) is 37.8 Å². The Labute approximate surface area is 239 Å². The van der Waals surface area contributed by atoms with Crippen LogP contribution in [0.3, 0.4) is 0 Å². The summed E-state index contributed by atoms with van der Waals surface area (Å²) < 4.78 is 40.0. The quantitative estimate of drug-likeness (QED) is 0.240. The fourth-order valence-corrected chi connectivity index (χ4v) is 9.58. The molecule has 208 valence electrons. The standard InChI is InChI=1S/C32H29N2O5PS/c35-31(25-15-7-2-8-16-25)34-29(32(36)33-26-21-22-41(38,39)23-26)30(24-13-5-1-6-14-24)40(37,27-17-9-3-10-18-27)28-19-11-4-12-20-28/h1-20,26H,21-23H2,(H,33,36)(H,34,35)/b30-29+. The van der Waals surface area contributed by atoms with E-state index in [1.54, 1.807) is 103 Å². The Morgan fingerprint density at radius 1 is 0.683 bits per heavy atom. The van der Waals surface area contributed by atoms with E-state index in [2.05, 4.69) is 10.6 Å². The topological polar surface area (TPSA) is 109 Å². The first kappa shape index (κ1) is 28.3. The van der Waals surface area contributed by atoms with E-state index in [4.69, 9.17) is 0 Å². The molecule has 1 saturated heterocycles. The average Bonchev–Trinajstić information content (AvgIpc) is 3.35. The number of carbonyl (C=O) groups excluding carboxylic acids is 2. The van der Waals surface area contributed by atoms with Crippen molar-refractivity contribution in [2.75, 3.05) is 11.5 Å². The van der Waals surface area contributed by atoms with E-state index in [1.165, 1.54) is 0 Å². The molecule has 0 radical (unpaired) electrons. The van der Waals surface area contributed by atoms with Gasteiger partial charge < -0.3 is 15.2 Å². The molecule has 1 aliphatic rings. The Hall–Kier alpha value is -4.26. The highest BCUT2D eigenvalue weighted by Crippen LogP contribution is 2.57. The summed E-state index contributed by atoms with van der Waals surface area (Å²) in [6, 6.07) is 34.3. The maximum atomic E-state index is 15.6. The first-order valence-corrected chi connectivity index (χ1v) is 16.7. The lowest BCUT2D eigenvalue weighted by Crippen LogP contribution is -2.42. The molecule has 0 saturated carbocycles. The van der Waals surface area contributed by atoms with Gasteiger partial charge in [0.05, 0.1) is 16.8 Å².